The summed E-state index contributed by atoms with van der Waals surface area (Å²) >= 11 is 0. The van der Waals surface area contributed by atoms with Gasteiger partial charge in [0.25, 0.3) is 10.1 Å². The largest absolute Gasteiger partial charge is 0.382 e. The first-order valence-corrected chi connectivity index (χ1v) is 9.60. The van der Waals surface area contributed by atoms with Crippen LogP contribution in [0.15, 0.2) is 59.5 Å². The molecule has 3 rings (SSSR count). The zero-order valence-corrected chi connectivity index (χ0v) is 14.5. The Labute approximate surface area is 143 Å². The Morgan fingerprint density at radius 3 is 2.38 bits per heavy atom. The first kappa shape index (κ1) is 17.1. The number of benzene rings is 2. The summed E-state index contributed by atoms with van der Waals surface area (Å²) in [6, 6.07) is 15.7. The van der Waals surface area contributed by atoms with Gasteiger partial charge in [-0.15, -0.1) is 0 Å². The zero-order chi connectivity index (χ0) is 17.2. The molecule has 0 aromatic heterocycles. The van der Waals surface area contributed by atoms with Gasteiger partial charge in [-0.1, -0.05) is 60.9 Å². The second kappa shape index (κ2) is 6.67. The van der Waals surface area contributed by atoms with Gasteiger partial charge >= 0.3 is 0 Å². The fraction of sp³-hybridized carbons (Fsp3) is 0.368. The monoisotopic (exact) mass is 346 g/mol. The second-order valence-corrected chi connectivity index (χ2v) is 7.96. The normalized spacial score (nSPS) is 24.7. The smallest absolute Gasteiger partial charge is 0.297 e. The number of aliphatic hydroxyl groups is 1. The Bertz CT molecular complexity index is 784. The van der Waals surface area contributed by atoms with Crippen molar-refractivity contribution in [3.63, 3.8) is 0 Å². The molecule has 0 heterocycles. The molecular weight excluding hydrogens is 324 g/mol. The maximum Gasteiger partial charge on any atom is 0.297 e. The number of hydrogen-bond acceptors (Lipinski definition) is 4. The van der Waals surface area contributed by atoms with E-state index in [1.807, 2.05) is 37.3 Å². The van der Waals surface area contributed by atoms with Crippen LogP contribution in [0.5, 0.6) is 0 Å². The van der Waals surface area contributed by atoms with Crippen LogP contribution in [0.4, 0.5) is 0 Å². The van der Waals surface area contributed by atoms with Crippen molar-refractivity contribution >= 4 is 10.1 Å². The van der Waals surface area contributed by atoms with Crippen molar-refractivity contribution in [3.05, 3.63) is 65.7 Å². The maximum absolute atomic E-state index is 12.6. The highest BCUT2D eigenvalue weighted by Gasteiger charge is 2.43. The van der Waals surface area contributed by atoms with Gasteiger partial charge in [0.15, 0.2) is 0 Å². The van der Waals surface area contributed by atoms with Gasteiger partial charge in [-0.25, -0.2) is 0 Å². The molecule has 2 atom stereocenters. The third-order valence-electron chi connectivity index (χ3n) is 4.63. The summed E-state index contributed by atoms with van der Waals surface area (Å²) in [6.07, 6.45) is 1.90. The lowest BCUT2D eigenvalue weighted by atomic mass is 9.77. The highest BCUT2D eigenvalue weighted by molar-refractivity contribution is 7.86. The third kappa shape index (κ3) is 3.38. The van der Waals surface area contributed by atoms with Crippen molar-refractivity contribution in [3.8, 4) is 0 Å². The van der Waals surface area contributed by atoms with Gasteiger partial charge in [0.2, 0.25) is 0 Å². The first-order valence-electron chi connectivity index (χ1n) is 8.20. The summed E-state index contributed by atoms with van der Waals surface area (Å²) in [4.78, 5) is 0.120. The molecule has 0 unspecified atom stereocenters. The van der Waals surface area contributed by atoms with E-state index in [0.29, 0.717) is 18.4 Å². The van der Waals surface area contributed by atoms with E-state index < -0.39 is 21.8 Å². The predicted molar refractivity (Wildman–Crippen MR) is 92.0 cm³/mol. The quantitative estimate of drug-likeness (QED) is 0.860. The lowest BCUT2D eigenvalue weighted by molar-refractivity contribution is -0.0910. The van der Waals surface area contributed by atoms with E-state index in [1.165, 1.54) is 12.1 Å². The van der Waals surface area contributed by atoms with Crippen molar-refractivity contribution in [1.82, 2.24) is 0 Å². The SMILES string of the molecule is Cc1ccc(S(=O)(=O)O[C@@H]2CCCC[C@]2(O)c2ccccc2)cc1. The van der Waals surface area contributed by atoms with Crippen molar-refractivity contribution in [2.45, 2.75) is 49.2 Å². The Morgan fingerprint density at radius 2 is 1.71 bits per heavy atom. The summed E-state index contributed by atoms with van der Waals surface area (Å²) in [7, 11) is -3.92. The molecule has 0 saturated heterocycles. The molecule has 5 heteroatoms. The average molecular weight is 346 g/mol. The van der Waals surface area contributed by atoms with Crippen molar-refractivity contribution in [2.75, 3.05) is 0 Å². The second-order valence-electron chi connectivity index (χ2n) is 6.39. The van der Waals surface area contributed by atoms with Gasteiger partial charge < -0.3 is 5.11 Å². The van der Waals surface area contributed by atoms with E-state index in [4.69, 9.17) is 4.18 Å². The molecule has 0 amide bonds. The minimum absolute atomic E-state index is 0.120. The van der Waals surface area contributed by atoms with E-state index in [1.54, 1.807) is 12.1 Å². The fourth-order valence-electron chi connectivity index (χ4n) is 3.22. The molecule has 1 aliphatic carbocycles. The molecule has 24 heavy (non-hydrogen) atoms. The van der Waals surface area contributed by atoms with E-state index in [-0.39, 0.29) is 4.90 Å². The fourth-order valence-corrected chi connectivity index (χ4v) is 4.36. The lowest BCUT2D eigenvalue weighted by Gasteiger charge is -2.39. The molecule has 1 aliphatic rings. The highest BCUT2D eigenvalue weighted by atomic mass is 32.2. The van der Waals surface area contributed by atoms with Crippen LogP contribution in [0.25, 0.3) is 0 Å². The van der Waals surface area contributed by atoms with Crippen LogP contribution >= 0.6 is 0 Å². The topological polar surface area (TPSA) is 63.6 Å². The Balaban J connectivity index is 1.90. The molecular formula is C19H22O4S. The molecule has 0 spiro atoms. The summed E-state index contributed by atoms with van der Waals surface area (Å²) in [5.74, 6) is 0. The molecule has 0 bridgehead atoms. The summed E-state index contributed by atoms with van der Waals surface area (Å²) in [6.45, 7) is 1.90. The Morgan fingerprint density at radius 1 is 1.04 bits per heavy atom. The third-order valence-corrected chi connectivity index (χ3v) is 5.97. The van der Waals surface area contributed by atoms with Crippen LogP contribution in [0, 0.1) is 6.92 Å². The van der Waals surface area contributed by atoms with Crippen LogP contribution in [0.2, 0.25) is 0 Å². The maximum atomic E-state index is 12.6. The van der Waals surface area contributed by atoms with Gasteiger partial charge in [0.05, 0.1) is 4.90 Å². The minimum atomic E-state index is -3.92. The highest BCUT2D eigenvalue weighted by Crippen LogP contribution is 2.40. The van der Waals surface area contributed by atoms with Gasteiger partial charge in [0.1, 0.15) is 11.7 Å². The molecule has 0 radical (unpaired) electrons. The van der Waals surface area contributed by atoms with Gasteiger partial charge in [-0.2, -0.15) is 8.42 Å². The van der Waals surface area contributed by atoms with Crippen LogP contribution in [0.3, 0.4) is 0 Å². The molecule has 128 valence electrons. The standard InChI is InChI=1S/C19H22O4S/c1-15-10-12-17(13-11-15)24(21,22)23-18-9-5-6-14-19(18,20)16-7-3-2-4-8-16/h2-4,7-8,10-13,18,20H,5-6,9,14H2,1H3/t18-,19+/m1/s1. The minimum Gasteiger partial charge on any atom is -0.382 e. The number of rotatable bonds is 4. The predicted octanol–water partition coefficient (Wildman–Crippen LogP) is 3.53. The Kier molecular flexibility index (Phi) is 4.76. The Hall–Kier alpha value is -1.69. The van der Waals surface area contributed by atoms with Crippen molar-refractivity contribution in [1.29, 1.82) is 0 Å². The van der Waals surface area contributed by atoms with Gasteiger partial charge in [0, 0.05) is 0 Å². The van der Waals surface area contributed by atoms with Gasteiger partial charge in [-0.05, 0) is 37.5 Å². The van der Waals surface area contributed by atoms with Crippen LogP contribution in [-0.2, 0) is 19.9 Å². The summed E-state index contributed by atoms with van der Waals surface area (Å²) < 4.78 is 30.7. The van der Waals surface area contributed by atoms with E-state index in [2.05, 4.69) is 0 Å². The average Bonchev–Trinajstić information content (AvgIpc) is 2.58. The molecule has 1 saturated carbocycles. The zero-order valence-electron chi connectivity index (χ0n) is 13.7. The number of aryl methyl sites for hydroxylation is 1. The van der Waals surface area contributed by atoms with Crippen LogP contribution in [0.1, 0.15) is 36.8 Å². The molecule has 2 aromatic rings. The van der Waals surface area contributed by atoms with E-state index in [9.17, 15) is 13.5 Å². The molecule has 4 nitrogen and oxygen atoms in total. The van der Waals surface area contributed by atoms with Gasteiger partial charge in [-0.3, -0.25) is 4.18 Å². The lowest BCUT2D eigenvalue weighted by Crippen LogP contribution is -2.44. The molecule has 2 aromatic carbocycles. The summed E-state index contributed by atoms with van der Waals surface area (Å²) in [5, 5.41) is 11.2. The molecule has 1 N–H and O–H groups in total. The van der Waals surface area contributed by atoms with Crippen LogP contribution in [-0.4, -0.2) is 19.6 Å². The molecule has 0 aliphatic heterocycles. The van der Waals surface area contributed by atoms with E-state index in [0.717, 1.165) is 18.4 Å². The van der Waals surface area contributed by atoms with Crippen molar-refractivity contribution < 1.29 is 17.7 Å². The van der Waals surface area contributed by atoms with E-state index >= 15 is 0 Å². The molecule has 1 fully saturated rings. The number of hydrogen-bond donors (Lipinski definition) is 1. The van der Waals surface area contributed by atoms with Crippen LogP contribution < -0.4 is 0 Å². The first-order chi connectivity index (χ1) is 11.4. The summed E-state index contributed by atoms with van der Waals surface area (Å²) in [5.41, 5.74) is 0.401. The van der Waals surface area contributed by atoms with Crippen molar-refractivity contribution in [2.24, 2.45) is 0 Å².